The topological polar surface area (TPSA) is 26.0 Å². The molecule has 0 spiro atoms. The molecule has 0 aliphatic rings. The Labute approximate surface area is 83.1 Å². The summed E-state index contributed by atoms with van der Waals surface area (Å²) >= 11 is 0. The van der Waals surface area contributed by atoms with Crippen molar-refractivity contribution in [2.24, 2.45) is 5.73 Å². The van der Waals surface area contributed by atoms with Crippen molar-refractivity contribution in [1.82, 2.24) is 0 Å². The fraction of sp³-hybridized carbons (Fsp3) is 1.00. The van der Waals surface area contributed by atoms with Crippen LogP contribution in [0.15, 0.2) is 0 Å². The Morgan fingerprint density at radius 2 is 1.67 bits per heavy atom. The van der Waals surface area contributed by atoms with Crippen LogP contribution in [-0.4, -0.2) is 37.2 Å². The van der Waals surface area contributed by atoms with Crippen LogP contribution in [0.2, 0.25) is 0 Å². The summed E-state index contributed by atoms with van der Waals surface area (Å²) in [4.78, 5) is 0. The zero-order chi connectivity index (χ0) is 9.12. The van der Waals surface area contributed by atoms with Crippen LogP contribution in [0.5, 0.6) is 0 Å². The van der Waals surface area contributed by atoms with Crippen LogP contribution in [0, 0.1) is 0 Å². The van der Waals surface area contributed by atoms with Crippen LogP contribution >= 0.6 is 0 Å². The lowest BCUT2D eigenvalue weighted by Crippen LogP contribution is -3.00. The quantitative estimate of drug-likeness (QED) is 0.526. The number of nitrogens with two attached hydrogens (primary N) is 1. The van der Waals surface area contributed by atoms with E-state index in [9.17, 15) is 0 Å². The van der Waals surface area contributed by atoms with E-state index in [1.807, 2.05) is 0 Å². The Balaban J connectivity index is 0. The van der Waals surface area contributed by atoms with Gasteiger partial charge in [0.25, 0.3) is 0 Å². The minimum absolute atomic E-state index is 0. The SMILES string of the molecule is CC[N+](C)(C)CCC(C)(C)N.[Cl-]. The third-order valence-electron chi connectivity index (χ3n) is 2.22. The largest absolute Gasteiger partial charge is 1.00 e. The maximum absolute atomic E-state index is 5.89. The lowest BCUT2D eigenvalue weighted by atomic mass is 10.0. The van der Waals surface area contributed by atoms with E-state index in [1.54, 1.807) is 0 Å². The molecule has 0 aromatic rings. The van der Waals surface area contributed by atoms with Gasteiger partial charge in [-0.1, -0.05) is 0 Å². The van der Waals surface area contributed by atoms with Crippen molar-refractivity contribution in [3.05, 3.63) is 0 Å². The molecule has 0 aliphatic carbocycles. The van der Waals surface area contributed by atoms with Crippen LogP contribution in [0.25, 0.3) is 0 Å². The first-order valence-electron chi connectivity index (χ1n) is 4.38. The Hall–Kier alpha value is 0.210. The number of hydrogen-bond donors (Lipinski definition) is 1. The van der Waals surface area contributed by atoms with Gasteiger partial charge in [-0.15, -0.1) is 0 Å². The minimum atomic E-state index is -0.00924. The zero-order valence-corrected chi connectivity index (χ0v) is 9.78. The fourth-order valence-corrected chi connectivity index (χ4v) is 0.749. The highest BCUT2D eigenvalue weighted by Crippen LogP contribution is 2.07. The van der Waals surface area contributed by atoms with Crippen LogP contribution in [0.3, 0.4) is 0 Å². The van der Waals surface area contributed by atoms with Crippen LogP contribution in [0.1, 0.15) is 27.2 Å². The average molecular weight is 195 g/mol. The summed E-state index contributed by atoms with van der Waals surface area (Å²) in [5, 5.41) is 0. The van der Waals surface area contributed by atoms with E-state index in [2.05, 4.69) is 34.9 Å². The number of rotatable bonds is 4. The Morgan fingerprint density at radius 3 is 1.92 bits per heavy atom. The van der Waals surface area contributed by atoms with Gasteiger partial charge in [-0.25, -0.2) is 0 Å². The molecule has 0 unspecified atom stereocenters. The average Bonchev–Trinajstić information content (AvgIpc) is 1.83. The number of quaternary nitrogens is 1. The molecule has 0 aliphatic heterocycles. The van der Waals surface area contributed by atoms with Crippen molar-refractivity contribution < 1.29 is 16.9 Å². The highest BCUT2D eigenvalue weighted by molar-refractivity contribution is 4.70. The molecule has 76 valence electrons. The molecule has 0 saturated carbocycles. The molecule has 2 nitrogen and oxygen atoms in total. The van der Waals surface area contributed by atoms with Gasteiger partial charge in [0.05, 0.1) is 27.2 Å². The standard InChI is InChI=1S/C9H23N2.ClH/c1-6-11(4,5)8-7-9(2,3)10;/h6-8,10H2,1-5H3;1H/q+1;/p-1. The van der Waals surface area contributed by atoms with E-state index in [4.69, 9.17) is 5.73 Å². The van der Waals surface area contributed by atoms with E-state index in [0.717, 1.165) is 10.9 Å². The van der Waals surface area contributed by atoms with E-state index in [1.165, 1.54) is 13.1 Å². The van der Waals surface area contributed by atoms with Crippen LogP contribution in [0.4, 0.5) is 0 Å². The third kappa shape index (κ3) is 8.31. The van der Waals surface area contributed by atoms with Crippen molar-refractivity contribution in [3.8, 4) is 0 Å². The van der Waals surface area contributed by atoms with Crippen LogP contribution in [-0.2, 0) is 0 Å². The van der Waals surface area contributed by atoms with Gasteiger partial charge in [0.15, 0.2) is 0 Å². The molecule has 0 rings (SSSR count). The number of halogens is 1. The van der Waals surface area contributed by atoms with Gasteiger partial charge in [0.1, 0.15) is 0 Å². The van der Waals surface area contributed by atoms with Gasteiger partial charge >= 0.3 is 0 Å². The van der Waals surface area contributed by atoms with E-state index >= 15 is 0 Å². The Bertz CT molecular complexity index is 116. The normalized spacial score (nSPS) is 12.5. The van der Waals surface area contributed by atoms with Gasteiger partial charge in [-0.2, -0.15) is 0 Å². The van der Waals surface area contributed by atoms with Gasteiger partial charge in [-0.05, 0) is 20.8 Å². The molecule has 0 aromatic heterocycles. The molecule has 3 heteroatoms. The molecule has 0 radical (unpaired) electrons. The molecule has 0 saturated heterocycles. The molecule has 0 bridgehead atoms. The van der Waals surface area contributed by atoms with Crippen molar-refractivity contribution in [1.29, 1.82) is 0 Å². The molecule has 0 amide bonds. The second-order valence-electron chi connectivity index (χ2n) is 4.71. The van der Waals surface area contributed by atoms with Crippen molar-refractivity contribution in [2.45, 2.75) is 32.7 Å². The predicted molar refractivity (Wildman–Crippen MR) is 50.4 cm³/mol. The summed E-state index contributed by atoms with van der Waals surface area (Å²) in [6.45, 7) is 8.73. The summed E-state index contributed by atoms with van der Waals surface area (Å²) in [6, 6.07) is 0. The summed E-state index contributed by atoms with van der Waals surface area (Å²) in [6.07, 6.45) is 1.09. The monoisotopic (exact) mass is 194 g/mol. The molecular weight excluding hydrogens is 172 g/mol. The summed E-state index contributed by atoms with van der Waals surface area (Å²) in [7, 11) is 4.48. The maximum Gasteiger partial charge on any atom is 0.0799 e. The summed E-state index contributed by atoms with van der Waals surface area (Å²) in [5.74, 6) is 0. The van der Waals surface area contributed by atoms with Crippen molar-refractivity contribution >= 4 is 0 Å². The van der Waals surface area contributed by atoms with Crippen LogP contribution < -0.4 is 18.1 Å². The Kier molecular flexibility index (Phi) is 6.20. The third-order valence-corrected chi connectivity index (χ3v) is 2.22. The minimum Gasteiger partial charge on any atom is -1.00 e. The fourth-order valence-electron chi connectivity index (χ4n) is 0.749. The highest BCUT2D eigenvalue weighted by Gasteiger charge is 2.18. The van der Waals surface area contributed by atoms with Gasteiger partial charge in [0, 0.05) is 12.0 Å². The molecule has 0 fully saturated rings. The smallest absolute Gasteiger partial charge is 0.0799 e. The lowest BCUT2D eigenvalue weighted by Gasteiger charge is -2.31. The molecule has 0 heterocycles. The summed E-state index contributed by atoms with van der Waals surface area (Å²) in [5.41, 5.74) is 5.88. The molecular formula is C9H23ClN2. The lowest BCUT2D eigenvalue weighted by molar-refractivity contribution is -0.889. The predicted octanol–water partition coefficient (Wildman–Crippen LogP) is -1.79. The van der Waals surface area contributed by atoms with Gasteiger partial charge < -0.3 is 22.6 Å². The molecule has 12 heavy (non-hydrogen) atoms. The molecule has 0 aromatic carbocycles. The van der Waals surface area contributed by atoms with E-state index < -0.39 is 0 Å². The highest BCUT2D eigenvalue weighted by atomic mass is 35.5. The van der Waals surface area contributed by atoms with E-state index in [-0.39, 0.29) is 17.9 Å². The van der Waals surface area contributed by atoms with Crippen molar-refractivity contribution in [2.75, 3.05) is 27.2 Å². The second-order valence-corrected chi connectivity index (χ2v) is 4.71. The first-order valence-corrected chi connectivity index (χ1v) is 4.38. The number of nitrogens with zero attached hydrogens (tertiary/aromatic N) is 1. The summed E-state index contributed by atoms with van der Waals surface area (Å²) < 4.78 is 1.07. The van der Waals surface area contributed by atoms with Gasteiger partial charge in [0.2, 0.25) is 0 Å². The second kappa shape index (κ2) is 5.05. The molecule has 2 N–H and O–H groups in total. The molecule has 0 atom stereocenters. The first kappa shape index (κ1) is 14.7. The first-order chi connectivity index (χ1) is 4.77. The zero-order valence-electron chi connectivity index (χ0n) is 9.02. The van der Waals surface area contributed by atoms with Crippen molar-refractivity contribution in [3.63, 3.8) is 0 Å². The number of hydrogen-bond acceptors (Lipinski definition) is 1. The van der Waals surface area contributed by atoms with E-state index in [0.29, 0.717) is 0 Å². The maximum atomic E-state index is 5.89. The Morgan fingerprint density at radius 1 is 1.25 bits per heavy atom. The van der Waals surface area contributed by atoms with Gasteiger partial charge in [-0.3, -0.25) is 0 Å².